The van der Waals surface area contributed by atoms with Gasteiger partial charge in [0.25, 0.3) is 0 Å². The van der Waals surface area contributed by atoms with Crippen LogP contribution in [0.3, 0.4) is 0 Å². The molecule has 2 rings (SSSR count). The van der Waals surface area contributed by atoms with Crippen LogP contribution < -0.4 is 10.6 Å². The molecule has 2 aliphatic rings. The average Bonchev–Trinajstić information content (AvgIpc) is 2.55. The van der Waals surface area contributed by atoms with Crippen molar-refractivity contribution in [1.29, 1.82) is 0 Å². The summed E-state index contributed by atoms with van der Waals surface area (Å²) in [6.45, 7) is 5.25. The van der Waals surface area contributed by atoms with E-state index in [9.17, 15) is 13.2 Å². The predicted molar refractivity (Wildman–Crippen MR) is 73.7 cm³/mol. The Hall–Kier alpha value is -0.660. The van der Waals surface area contributed by atoms with Crippen molar-refractivity contribution in [1.82, 2.24) is 15.5 Å². The average molecular weight is 289 g/mol. The Balaban J connectivity index is 1.79. The van der Waals surface area contributed by atoms with Crippen molar-refractivity contribution >= 4 is 15.7 Å². The first-order chi connectivity index (χ1) is 9.00. The number of sulfone groups is 1. The van der Waals surface area contributed by atoms with Crippen molar-refractivity contribution < 1.29 is 13.2 Å². The van der Waals surface area contributed by atoms with Gasteiger partial charge in [0.15, 0.2) is 9.84 Å². The van der Waals surface area contributed by atoms with E-state index >= 15 is 0 Å². The highest BCUT2D eigenvalue weighted by Gasteiger charge is 2.30. The quantitative estimate of drug-likeness (QED) is 0.654. The van der Waals surface area contributed by atoms with Gasteiger partial charge in [-0.3, -0.25) is 9.69 Å². The predicted octanol–water partition coefficient (Wildman–Crippen LogP) is -1.03. The first-order valence-corrected chi connectivity index (χ1v) is 8.77. The second kappa shape index (κ2) is 6.19. The molecule has 0 aliphatic carbocycles. The highest BCUT2D eigenvalue weighted by molar-refractivity contribution is 7.91. The van der Waals surface area contributed by atoms with Crippen molar-refractivity contribution in [2.75, 3.05) is 37.7 Å². The third-order valence-electron chi connectivity index (χ3n) is 3.73. The minimum Gasteiger partial charge on any atom is -0.351 e. The largest absolute Gasteiger partial charge is 0.351 e. The molecule has 19 heavy (non-hydrogen) atoms. The fourth-order valence-corrected chi connectivity index (χ4v) is 4.25. The Morgan fingerprint density at radius 3 is 2.63 bits per heavy atom. The van der Waals surface area contributed by atoms with Gasteiger partial charge in [-0.15, -0.1) is 0 Å². The van der Waals surface area contributed by atoms with Crippen molar-refractivity contribution in [3.63, 3.8) is 0 Å². The fraction of sp³-hybridized carbons (Fsp3) is 0.917. The molecule has 1 atom stereocenters. The molecule has 0 saturated carbocycles. The lowest BCUT2D eigenvalue weighted by Gasteiger charge is -2.37. The van der Waals surface area contributed by atoms with Crippen LogP contribution >= 0.6 is 0 Å². The van der Waals surface area contributed by atoms with Crippen molar-refractivity contribution in [3.8, 4) is 0 Å². The highest BCUT2D eigenvalue weighted by Crippen LogP contribution is 2.11. The van der Waals surface area contributed by atoms with E-state index in [1.807, 2.05) is 0 Å². The van der Waals surface area contributed by atoms with Crippen LogP contribution in [0.5, 0.6) is 0 Å². The summed E-state index contributed by atoms with van der Waals surface area (Å²) in [4.78, 5) is 14.1. The van der Waals surface area contributed by atoms with Crippen molar-refractivity contribution in [2.45, 2.75) is 31.8 Å². The van der Waals surface area contributed by atoms with Gasteiger partial charge >= 0.3 is 0 Å². The Bertz CT molecular complexity index is 420. The van der Waals surface area contributed by atoms with E-state index in [1.54, 1.807) is 0 Å². The molecule has 0 bridgehead atoms. The number of hydrogen-bond acceptors (Lipinski definition) is 5. The molecule has 1 unspecified atom stereocenters. The van der Waals surface area contributed by atoms with E-state index in [1.165, 1.54) is 0 Å². The molecule has 6 nitrogen and oxygen atoms in total. The minimum absolute atomic E-state index is 0.0533. The molecule has 0 spiro atoms. The fourth-order valence-electron chi connectivity index (χ4n) is 2.58. The highest BCUT2D eigenvalue weighted by atomic mass is 32.2. The summed E-state index contributed by atoms with van der Waals surface area (Å²) in [5.41, 5.74) is 0. The summed E-state index contributed by atoms with van der Waals surface area (Å²) < 4.78 is 22.7. The molecular formula is C12H23N3O3S. The Labute approximate surface area is 114 Å². The van der Waals surface area contributed by atoms with E-state index < -0.39 is 9.84 Å². The molecule has 2 N–H and O–H groups in total. The van der Waals surface area contributed by atoms with Gasteiger partial charge in [-0.05, 0) is 19.4 Å². The van der Waals surface area contributed by atoms with Crippen LogP contribution in [-0.2, 0) is 14.6 Å². The summed E-state index contributed by atoms with van der Waals surface area (Å²) in [6, 6.07) is 0.249. The number of amides is 1. The third-order valence-corrected chi connectivity index (χ3v) is 5.50. The number of nitrogens with zero attached hydrogens (tertiary/aromatic N) is 1. The Kier molecular flexibility index (Phi) is 4.81. The molecular weight excluding hydrogens is 266 g/mol. The summed E-state index contributed by atoms with van der Waals surface area (Å²) in [5.74, 6) is 0.239. The van der Waals surface area contributed by atoms with Gasteiger partial charge in [0.1, 0.15) is 0 Å². The SMILES string of the molecule is CCCN(CC(=O)NC1CCS(=O)(=O)C1)C1CNC1. The molecule has 0 radical (unpaired) electrons. The first-order valence-electron chi connectivity index (χ1n) is 6.94. The Morgan fingerprint density at radius 2 is 2.16 bits per heavy atom. The molecule has 2 aliphatic heterocycles. The summed E-state index contributed by atoms with van der Waals surface area (Å²) in [6.07, 6.45) is 1.56. The maximum atomic E-state index is 12.0. The summed E-state index contributed by atoms with van der Waals surface area (Å²) in [5, 5.41) is 6.05. The maximum absolute atomic E-state index is 12.0. The van der Waals surface area contributed by atoms with Crippen LogP contribution in [-0.4, -0.2) is 69.0 Å². The van der Waals surface area contributed by atoms with Crippen molar-refractivity contribution in [2.24, 2.45) is 0 Å². The smallest absolute Gasteiger partial charge is 0.234 e. The van der Waals surface area contributed by atoms with Gasteiger partial charge in [-0.2, -0.15) is 0 Å². The number of rotatable bonds is 6. The number of hydrogen-bond donors (Lipinski definition) is 2. The molecule has 2 fully saturated rings. The molecule has 0 aromatic rings. The zero-order valence-corrected chi connectivity index (χ0v) is 12.2. The molecule has 7 heteroatoms. The number of nitrogens with one attached hydrogen (secondary N) is 2. The van der Waals surface area contributed by atoms with Gasteiger partial charge in [0, 0.05) is 25.2 Å². The molecule has 110 valence electrons. The van der Waals surface area contributed by atoms with Crippen LogP contribution in [0, 0.1) is 0 Å². The van der Waals surface area contributed by atoms with Crippen molar-refractivity contribution in [3.05, 3.63) is 0 Å². The zero-order valence-electron chi connectivity index (χ0n) is 11.4. The Morgan fingerprint density at radius 1 is 1.42 bits per heavy atom. The van der Waals surface area contributed by atoms with E-state index in [0.717, 1.165) is 26.1 Å². The summed E-state index contributed by atoms with van der Waals surface area (Å²) >= 11 is 0. The molecule has 2 saturated heterocycles. The molecule has 2 heterocycles. The minimum atomic E-state index is -2.93. The van der Waals surface area contributed by atoms with Gasteiger partial charge in [0.05, 0.1) is 18.1 Å². The standard InChI is InChI=1S/C12H23N3O3S/c1-2-4-15(11-6-13-7-11)8-12(16)14-10-3-5-19(17,18)9-10/h10-11,13H,2-9H2,1H3,(H,14,16). The molecule has 0 aromatic heterocycles. The van der Waals surface area contributed by atoms with E-state index in [0.29, 0.717) is 19.0 Å². The van der Waals surface area contributed by atoms with Crippen LogP contribution in [0.15, 0.2) is 0 Å². The van der Waals surface area contributed by atoms with Gasteiger partial charge in [0.2, 0.25) is 5.91 Å². The number of carbonyl (C=O) groups is 1. The maximum Gasteiger partial charge on any atom is 0.234 e. The zero-order chi connectivity index (χ0) is 13.9. The van der Waals surface area contributed by atoms with E-state index in [-0.39, 0.29) is 23.5 Å². The first kappa shape index (κ1) is 14.7. The normalized spacial score (nSPS) is 26.3. The van der Waals surface area contributed by atoms with E-state index in [2.05, 4.69) is 22.5 Å². The monoisotopic (exact) mass is 289 g/mol. The van der Waals surface area contributed by atoms with Crippen LogP contribution in [0.25, 0.3) is 0 Å². The number of carbonyl (C=O) groups excluding carboxylic acids is 1. The van der Waals surface area contributed by atoms with Gasteiger partial charge in [-0.1, -0.05) is 6.92 Å². The summed E-state index contributed by atoms with van der Waals surface area (Å²) in [7, 11) is -2.93. The van der Waals surface area contributed by atoms with Crippen LogP contribution in [0.1, 0.15) is 19.8 Å². The molecule has 0 aromatic carbocycles. The topological polar surface area (TPSA) is 78.5 Å². The third kappa shape index (κ3) is 4.15. The second-order valence-electron chi connectivity index (χ2n) is 5.45. The lowest BCUT2D eigenvalue weighted by molar-refractivity contribution is -0.123. The lowest BCUT2D eigenvalue weighted by Crippen LogP contribution is -2.59. The van der Waals surface area contributed by atoms with Crippen LogP contribution in [0.2, 0.25) is 0 Å². The van der Waals surface area contributed by atoms with Crippen LogP contribution in [0.4, 0.5) is 0 Å². The van der Waals surface area contributed by atoms with E-state index in [4.69, 9.17) is 0 Å². The van der Waals surface area contributed by atoms with Gasteiger partial charge in [-0.25, -0.2) is 8.42 Å². The second-order valence-corrected chi connectivity index (χ2v) is 7.68. The molecule has 1 amide bonds. The van der Waals surface area contributed by atoms with Gasteiger partial charge < -0.3 is 10.6 Å². The lowest BCUT2D eigenvalue weighted by atomic mass is 10.1.